The average molecular weight is 355 g/mol. The second-order valence-electron chi connectivity index (χ2n) is 5.95. The summed E-state index contributed by atoms with van der Waals surface area (Å²) in [6.07, 6.45) is 1.84. The first-order chi connectivity index (χ1) is 11.4. The molecule has 9 heteroatoms. The van der Waals surface area contributed by atoms with Gasteiger partial charge in [0.1, 0.15) is 0 Å². The smallest absolute Gasteiger partial charge is 0.375 e. The van der Waals surface area contributed by atoms with Gasteiger partial charge in [0, 0.05) is 19.1 Å². The van der Waals surface area contributed by atoms with Crippen LogP contribution in [0.15, 0.2) is 16.1 Å². The van der Waals surface area contributed by atoms with Crippen LogP contribution >= 0.6 is 11.6 Å². The summed E-state index contributed by atoms with van der Waals surface area (Å²) >= 11 is 5.98. The highest BCUT2D eigenvalue weighted by atomic mass is 35.5. The Hall–Kier alpha value is -1.93. The zero-order chi connectivity index (χ0) is 17.4. The van der Waals surface area contributed by atoms with Crippen LogP contribution in [0.4, 0.5) is 4.79 Å². The van der Waals surface area contributed by atoms with Crippen molar-refractivity contribution in [2.75, 3.05) is 46.9 Å². The molecule has 0 aliphatic carbocycles. The summed E-state index contributed by atoms with van der Waals surface area (Å²) in [5.41, 5.74) is 0. The van der Waals surface area contributed by atoms with Gasteiger partial charge in [-0.3, -0.25) is 19.2 Å². The summed E-state index contributed by atoms with van der Waals surface area (Å²) in [4.78, 5) is 34.0. The van der Waals surface area contributed by atoms with Crippen molar-refractivity contribution in [2.24, 2.45) is 4.99 Å². The van der Waals surface area contributed by atoms with Crippen LogP contribution in [0.25, 0.3) is 0 Å². The van der Waals surface area contributed by atoms with Gasteiger partial charge in [-0.25, -0.2) is 9.69 Å². The molecular weight excluding hydrogens is 334 g/mol. The number of rotatable bonds is 2. The number of aliphatic imine (C=N–C) groups is 1. The Balaban J connectivity index is 2.04. The molecule has 3 rings (SSSR count). The number of amidine groups is 1. The minimum Gasteiger partial charge on any atom is -0.375 e. The maximum atomic E-state index is 12.7. The van der Waals surface area contributed by atoms with Gasteiger partial charge in [0.05, 0.1) is 32.8 Å². The average Bonchev–Trinajstić information content (AvgIpc) is 2.96. The number of imide groups is 1. The lowest BCUT2D eigenvalue weighted by atomic mass is 10.1. The van der Waals surface area contributed by atoms with E-state index in [9.17, 15) is 9.59 Å². The van der Waals surface area contributed by atoms with Gasteiger partial charge in [-0.1, -0.05) is 16.6 Å². The van der Waals surface area contributed by atoms with Gasteiger partial charge in [0.15, 0.2) is 0 Å². The predicted octanol–water partition coefficient (Wildman–Crippen LogP) is 0.134. The summed E-state index contributed by atoms with van der Waals surface area (Å²) in [6.45, 7) is 4.85. The number of allylic oxidation sites excluding steroid dienone is 1. The van der Waals surface area contributed by atoms with E-state index in [2.05, 4.69) is 9.57 Å². The van der Waals surface area contributed by atoms with Gasteiger partial charge in [-0.15, -0.1) is 0 Å². The van der Waals surface area contributed by atoms with Crippen LogP contribution in [0, 0.1) is 0 Å². The van der Waals surface area contributed by atoms with Crippen molar-refractivity contribution in [1.82, 2.24) is 14.7 Å². The van der Waals surface area contributed by atoms with Crippen LogP contribution in [-0.2, 0) is 9.53 Å². The van der Waals surface area contributed by atoms with Crippen LogP contribution in [0.1, 0.15) is 6.92 Å². The Morgan fingerprint density at radius 3 is 2.62 bits per heavy atom. The number of hydrogen-bond donors (Lipinski definition) is 0. The third-order valence-corrected chi connectivity index (χ3v) is 4.53. The summed E-state index contributed by atoms with van der Waals surface area (Å²) in [5.74, 6) is 0.877. The number of guanidine groups is 1. The van der Waals surface area contributed by atoms with Gasteiger partial charge in [0.25, 0.3) is 5.91 Å². The third kappa shape index (κ3) is 2.80. The molecule has 24 heavy (non-hydrogen) atoms. The van der Waals surface area contributed by atoms with E-state index in [1.807, 2.05) is 11.0 Å². The summed E-state index contributed by atoms with van der Waals surface area (Å²) in [7, 11) is 3.13. The zero-order valence-corrected chi connectivity index (χ0v) is 14.8. The van der Waals surface area contributed by atoms with Crippen molar-refractivity contribution in [1.29, 1.82) is 0 Å². The normalized spacial score (nSPS) is 25.5. The number of amides is 3. The molecule has 0 radical (unpaired) electrons. The van der Waals surface area contributed by atoms with Crippen LogP contribution in [0.5, 0.6) is 0 Å². The fraction of sp³-hybridized carbons (Fsp3) is 0.600. The minimum atomic E-state index is -0.609. The van der Waals surface area contributed by atoms with Gasteiger partial charge in [-0.05, 0) is 13.0 Å². The molecule has 0 saturated carbocycles. The van der Waals surface area contributed by atoms with Crippen LogP contribution in [0.3, 0.4) is 0 Å². The number of hydrogen-bond acceptors (Lipinski definition) is 3. The Kier molecular flexibility index (Phi) is 4.60. The van der Waals surface area contributed by atoms with E-state index >= 15 is 0 Å². The molecule has 3 amide bonds. The molecule has 0 aromatic heterocycles. The highest BCUT2D eigenvalue weighted by molar-refractivity contribution is 6.29. The predicted molar refractivity (Wildman–Crippen MR) is 89.3 cm³/mol. The van der Waals surface area contributed by atoms with Gasteiger partial charge in [-0.2, -0.15) is 0 Å². The molecule has 0 N–H and O–H groups in total. The number of halogens is 1. The highest BCUT2D eigenvalue weighted by Crippen LogP contribution is 2.23. The second-order valence-corrected chi connectivity index (χ2v) is 6.55. The summed E-state index contributed by atoms with van der Waals surface area (Å²) in [6, 6.07) is -0.981. The fourth-order valence-corrected chi connectivity index (χ4v) is 3.08. The monoisotopic (exact) mass is 354 g/mol. The maximum Gasteiger partial charge on any atom is 0.392 e. The Bertz CT molecular complexity index is 660. The number of fused-ring (bicyclic) bond motifs is 1. The SMILES string of the molecule is C/C(Cl)=C\CN1C(=[N+]2CCOCC2)N=C2C1C(=O)N(C)C(=O)N2C. The first-order valence-electron chi connectivity index (χ1n) is 7.84. The molecule has 8 nitrogen and oxygen atoms in total. The first kappa shape index (κ1) is 16.9. The Morgan fingerprint density at radius 2 is 2.00 bits per heavy atom. The highest BCUT2D eigenvalue weighted by Gasteiger charge is 2.54. The molecule has 0 aromatic carbocycles. The molecule has 0 spiro atoms. The van der Waals surface area contributed by atoms with Crippen LogP contribution in [0.2, 0.25) is 0 Å². The van der Waals surface area contributed by atoms with Crippen LogP contribution in [-0.4, -0.2) is 96.0 Å². The molecule has 0 bridgehead atoms. The number of ether oxygens (including phenoxy) is 1. The molecule has 1 unspecified atom stereocenters. The molecule has 130 valence electrons. The fourth-order valence-electron chi connectivity index (χ4n) is 3.01. The van der Waals surface area contributed by atoms with Crippen molar-refractivity contribution >= 4 is 35.3 Å². The zero-order valence-electron chi connectivity index (χ0n) is 14.0. The lowest BCUT2D eigenvalue weighted by Crippen LogP contribution is -2.62. The van der Waals surface area contributed by atoms with Crippen molar-refractivity contribution in [3.05, 3.63) is 11.1 Å². The van der Waals surface area contributed by atoms with E-state index in [1.165, 1.54) is 11.9 Å². The van der Waals surface area contributed by atoms with E-state index in [-0.39, 0.29) is 11.9 Å². The molecule has 0 aromatic rings. The topological polar surface area (TPSA) is 68.5 Å². The molecule has 2 fully saturated rings. The van der Waals surface area contributed by atoms with Crippen LogP contribution < -0.4 is 0 Å². The first-order valence-corrected chi connectivity index (χ1v) is 8.22. The number of morpholine rings is 1. The van der Waals surface area contributed by atoms with Crippen molar-refractivity contribution in [2.45, 2.75) is 13.0 Å². The quantitative estimate of drug-likeness (QED) is 0.661. The molecule has 3 aliphatic heterocycles. The summed E-state index contributed by atoms with van der Waals surface area (Å²) in [5, 5.41) is 0.644. The molecule has 1 atom stereocenters. The second kappa shape index (κ2) is 6.52. The molecular formula is C15H21ClN5O3+. The van der Waals surface area contributed by atoms with E-state index in [0.717, 1.165) is 4.90 Å². The number of likely N-dealkylation sites (N-methyl/N-ethyl adjacent to an activating group) is 2. The summed E-state index contributed by atoms with van der Waals surface area (Å²) < 4.78 is 7.47. The van der Waals surface area contributed by atoms with Crippen molar-refractivity contribution in [3.63, 3.8) is 0 Å². The van der Waals surface area contributed by atoms with E-state index in [1.54, 1.807) is 14.0 Å². The van der Waals surface area contributed by atoms with Gasteiger partial charge >= 0.3 is 12.0 Å². The minimum absolute atomic E-state index is 0.277. The largest absolute Gasteiger partial charge is 0.392 e. The Morgan fingerprint density at radius 1 is 1.33 bits per heavy atom. The van der Waals surface area contributed by atoms with Crippen molar-refractivity contribution in [3.8, 4) is 0 Å². The molecule has 2 saturated heterocycles. The standard InChI is InChI=1S/C15H21ClN5O3/c1-10(16)4-5-21-11-12(18(2)15(23)19(3)13(11)22)17-14(21)20-6-8-24-9-7-20/h4,11H,5-9H2,1-3H3/q+1/b10-4+. The van der Waals surface area contributed by atoms with E-state index in [4.69, 9.17) is 16.3 Å². The lowest BCUT2D eigenvalue weighted by Gasteiger charge is -2.33. The number of carbonyl (C=O) groups is 2. The third-order valence-electron chi connectivity index (χ3n) is 4.37. The number of urea groups is 1. The van der Waals surface area contributed by atoms with Gasteiger partial charge < -0.3 is 4.74 Å². The molecule has 3 heterocycles. The maximum absolute atomic E-state index is 12.7. The lowest BCUT2D eigenvalue weighted by molar-refractivity contribution is -0.554. The Labute approximate surface area is 145 Å². The van der Waals surface area contributed by atoms with E-state index in [0.29, 0.717) is 49.7 Å². The van der Waals surface area contributed by atoms with E-state index < -0.39 is 6.04 Å². The van der Waals surface area contributed by atoms with Gasteiger partial charge in [0.2, 0.25) is 11.9 Å². The van der Waals surface area contributed by atoms with Crippen molar-refractivity contribution < 1.29 is 18.9 Å². The molecule has 3 aliphatic rings. The number of nitrogens with zero attached hydrogens (tertiary/aromatic N) is 5. The number of carbonyl (C=O) groups excluding carboxylic acids is 2.